The van der Waals surface area contributed by atoms with Crippen LogP contribution in [0.2, 0.25) is 0 Å². The Bertz CT molecular complexity index is 342. The van der Waals surface area contributed by atoms with Gasteiger partial charge in [0.05, 0.1) is 24.2 Å². The molecule has 1 aliphatic rings. The molecule has 0 spiro atoms. The van der Waals surface area contributed by atoms with Gasteiger partial charge in [0, 0.05) is 7.11 Å². The smallest absolute Gasteiger partial charge is 0.232 e. The lowest BCUT2D eigenvalue weighted by Crippen LogP contribution is -2.51. The fraction of sp³-hybridized carbons (Fsp3) is 0.750. The van der Waals surface area contributed by atoms with Gasteiger partial charge in [0.25, 0.3) is 0 Å². The summed E-state index contributed by atoms with van der Waals surface area (Å²) in [7, 11) is 1.57. The quantitative estimate of drug-likeness (QED) is 0.687. The van der Waals surface area contributed by atoms with Gasteiger partial charge in [-0.3, -0.25) is 4.79 Å². The van der Waals surface area contributed by atoms with Gasteiger partial charge >= 0.3 is 0 Å². The Morgan fingerprint density at radius 2 is 1.89 bits per heavy atom. The number of amides is 1. The van der Waals surface area contributed by atoms with Crippen LogP contribution in [0.15, 0.2) is 0 Å². The molecule has 0 aromatic heterocycles. The largest absolute Gasteiger partial charge is 0.384 e. The average Bonchev–Trinajstić information content (AvgIpc) is 2.39. The Hall–Kier alpha value is -1.63. The van der Waals surface area contributed by atoms with E-state index in [9.17, 15) is 4.79 Å². The van der Waals surface area contributed by atoms with Gasteiger partial charge < -0.3 is 15.0 Å². The first-order valence-electron chi connectivity index (χ1n) is 5.93. The molecule has 0 bridgehead atoms. The molecule has 0 unspecified atom stereocenters. The number of carbonyl (C=O) groups excluding carboxylic acids is 1. The summed E-state index contributed by atoms with van der Waals surface area (Å²) >= 11 is 0. The van der Waals surface area contributed by atoms with Crippen molar-refractivity contribution in [2.45, 2.75) is 12.8 Å². The van der Waals surface area contributed by atoms with Gasteiger partial charge in [0.2, 0.25) is 5.91 Å². The van der Waals surface area contributed by atoms with Crippen LogP contribution in [-0.2, 0) is 9.53 Å². The van der Waals surface area contributed by atoms with Crippen LogP contribution in [0.3, 0.4) is 0 Å². The van der Waals surface area contributed by atoms with E-state index in [4.69, 9.17) is 15.3 Å². The van der Waals surface area contributed by atoms with Gasteiger partial charge in [-0.1, -0.05) is 0 Å². The summed E-state index contributed by atoms with van der Waals surface area (Å²) in [5.74, 6) is -0.144. The first-order valence-corrected chi connectivity index (χ1v) is 5.93. The fourth-order valence-corrected chi connectivity index (χ4v) is 2.31. The van der Waals surface area contributed by atoms with Gasteiger partial charge in [-0.25, -0.2) is 0 Å². The Morgan fingerprint density at radius 1 is 1.33 bits per heavy atom. The number of nitrogens with one attached hydrogen (secondary N) is 1. The van der Waals surface area contributed by atoms with Crippen molar-refractivity contribution in [1.29, 1.82) is 10.5 Å². The van der Waals surface area contributed by atoms with E-state index in [1.54, 1.807) is 7.11 Å². The molecule has 18 heavy (non-hydrogen) atoms. The minimum Gasteiger partial charge on any atom is -0.384 e. The SMILES string of the molecule is COCC1(C(=O)N(CC#N)CC#N)CCNCC1. The Balaban J connectivity index is 2.86. The standard InChI is InChI=1S/C12H18N4O2/c1-18-10-12(2-6-15-7-3-12)11(17)16(8-4-13)9-5-14/h15H,2-3,6-10H2,1H3. The summed E-state index contributed by atoms with van der Waals surface area (Å²) in [5, 5.41) is 20.7. The van der Waals surface area contributed by atoms with Crippen molar-refractivity contribution in [2.24, 2.45) is 5.41 Å². The zero-order chi connectivity index (χ0) is 13.4. The molecule has 1 rings (SSSR count). The van der Waals surface area contributed by atoms with E-state index >= 15 is 0 Å². The molecular formula is C12H18N4O2. The van der Waals surface area contributed by atoms with E-state index < -0.39 is 5.41 Å². The molecule has 1 N–H and O–H groups in total. The molecule has 0 radical (unpaired) electrons. The third kappa shape index (κ3) is 3.19. The molecule has 0 aromatic carbocycles. The molecule has 1 aliphatic heterocycles. The van der Waals surface area contributed by atoms with E-state index in [0.717, 1.165) is 13.1 Å². The number of carbonyl (C=O) groups is 1. The second-order valence-corrected chi connectivity index (χ2v) is 4.44. The summed E-state index contributed by atoms with van der Waals surface area (Å²) in [4.78, 5) is 13.8. The van der Waals surface area contributed by atoms with Crippen molar-refractivity contribution < 1.29 is 9.53 Å². The maximum absolute atomic E-state index is 12.5. The van der Waals surface area contributed by atoms with Crippen LogP contribution >= 0.6 is 0 Å². The number of nitriles is 2. The highest BCUT2D eigenvalue weighted by Crippen LogP contribution is 2.31. The predicted molar refractivity (Wildman–Crippen MR) is 64.2 cm³/mol. The molecule has 0 saturated carbocycles. The molecule has 0 aliphatic carbocycles. The van der Waals surface area contributed by atoms with Crippen LogP contribution in [0.5, 0.6) is 0 Å². The number of nitrogens with zero attached hydrogens (tertiary/aromatic N) is 3. The second kappa shape index (κ2) is 6.95. The van der Waals surface area contributed by atoms with Crippen molar-refractivity contribution in [3.8, 4) is 12.1 Å². The van der Waals surface area contributed by atoms with Crippen molar-refractivity contribution >= 4 is 5.91 Å². The topological polar surface area (TPSA) is 89.2 Å². The molecule has 6 nitrogen and oxygen atoms in total. The van der Waals surface area contributed by atoms with Gasteiger partial charge in [-0.2, -0.15) is 10.5 Å². The fourth-order valence-electron chi connectivity index (χ4n) is 2.31. The highest BCUT2D eigenvalue weighted by molar-refractivity contribution is 5.83. The molecule has 6 heteroatoms. The molecule has 1 fully saturated rings. The van der Waals surface area contributed by atoms with Crippen LogP contribution in [0.25, 0.3) is 0 Å². The number of hydrogen-bond acceptors (Lipinski definition) is 5. The van der Waals surface area contributed by atoms with Crippen LogP contribution in [0, 0.1) is 28.1 Å². The first kappa shape index (κ1) is 14.4. The first-order chi connectivity index (χ1) is 8.70. The average molecular weight is 250 g/mol. The Morgan fingerprint density at radius 3 is 2.33 bits per heavy atom. The molecule has 0 aromatic rings. The van der Waals surface area contributed by atoms with Gasteiger partial charge in [-0.05, 0) is 25.9 Å². The third-order valence-electron chi connectivity index (χ3n) is 3.25. The van der Waals surface area contributed by atoms with E-state index in [0.29, 0.717) is 19.4 Å². The Labute approximate surface area is 107 Å². The summed E-state index contributed by atoms with van der Waals surface area (Å²) in [6.45, 7) is 1.74. The molecule has 98 valence electrons. The number of hydrogen-bond donors (Lipinski definition) is 1. The summed E-state index contributed by atoms with van der Waals surface area (Å²) < 4.78 is 5.17. The molecule has 1 saturated heterocycles. The summed E-state index contributed by atoms with van der Waals surface area (Å²) in [6.07, 6.45) is 1.35. The number of methoxy groups -OCH3 is 1. The highest BCUT2D eigenvalue weighted by Gasteiger charge is 2.42. The van der Waals surface area contributed by atoms with Crippen LogP contribution in [0.1, 0.15) is 12.8 Å². The minimum atomic E-state index is -0.590. The lowest BCUT2D eigenvalue weighted by atomic mass is 9.78. The van der Waals surface area contributed by atoms with Crippen molar-refractivity contribution in [3.05, 3.63) is 0 Å². The van der Waals surface area contributed by atoms with E-state index in [1.807, 2.05) is 12.1 Å². The van der Waals surface area contributed by atoms with Crippen molar-refractivity contribution in [2.75, 3.05) is 39.9 Å². The maximum Gasteiger partial charge on any atom is 0.232 e. The van der Waals surface area contributed by atoms with Crippen LogP contribution in [0.4, 0.5) is 0 Å². The molecular weight excluding hydrogens is 232 g/mol. The van der Waals surface area contributed by atoms with Crippen molar-refractivity contribution in [1.82, 2.24) is 10.2 Å². The zero-order valence-electron chi connectivity index (χ0n) is 10.6. The normalized spacial score (nSPS) is 17.5. The highest BCUT2D eigenvalue weighted by atomic mass is 16.5. The maximum atomic E-state index is 12.5. The minimum absolute atomic E-state index is 0.0503. The monoisotopic (exact) mass is 250 g/mol. The van der Waals surface area contributed by atoms with Crippen LogP contribution in [-0.4, -0.2) is 50.7 Å². The lowest BCUT2D eigenvalue weighted by molar-refractivity contribution is -0.146. The molecule has 0 atom stereocenters. The summed E-state index contributed by atoms with van der Waals surface area (Å²) in [6, 6.07) is 3.86. The predicted octanol–water partition coefficient (Wildman–Crippen LogP) is -0.122. The number of piperidine rings is 1. The summed E-state index contributed by atoms with van der Waals surface area (Å²) in [5.41, 5.74) is -0.590. The number of rotatable bonds is 5. The van der Waals surface area contributed by atoms with E-state index in [-0.39, 0.29) is 19.0 Å². The number of ether oxygens (including phenoxy) is 1. The van der Waals surface area contributed by atoms with E-state index in [1.165, 1.54) is 4.90 Å². The zero-order valence-corrected chi connectivity index (χ0v) is 10.6. The lowest BCUT2D eigenvalue weighted by Gasteiger charge is -2.38. The third-order valence-corrected chi connectivity index (χ3v) is 3.25. The molecule has 1 heterocycles. The molecule has 1 amide bonds. The van der Waals surface area contributed by atoms with Gasteiger partial charge in [0.15, 0.2) is 0 Å². The van der Waals surface area contributed by atoms with Crippen LogP contribution < -0.4 is 5.32 Å². The van der Waals surface area contributed by atoms with Crippen molar-refractivity contribution in [3.63, 3.8) is 0 Å². The van der Waals surface area contributed by atoms with Gasteiger partial charge in [0.1, 0.15) is 13.1 Å². The second-order valence-electron chi connectivity index (χ2n) is 4.44. The van der Waals surface area contributed by atoms with Gasteiger partial charge in [-0.15, -0.1) is 0 Å². The Kier molecular flexibility index (Phi) is 5.57. The van der Waals surface area contributed by atoms with E-state index in [2.05, 4.69) is 5.32 Å².